The second kappa shape index (κ2) is 9.65. The number of hydrogen-bond acceptors (Lipinski definition) is 4. The highest BCUT2D eigenvalue weighted by Crippen LogP contribution is 2.33. The molecule has 0 heterocycles. The van der Waals surface area contributed by atoms with Crippen LogP contribution in [0.1, 0.15) is 50.4 Å². The predicted molar refractivity (Wildman–Crippen MR) is 120 cm³/mol. The van der Waals surface area contributed by atoms with Crippen LogP contribution in [0.15, 0.2) is 41.4 Å². The summed E-state index contributed by atoms with van der Waals surface area (Å²) in [6, 6.07) is 8.94. The van der Waals surface area contributed by atoms with E-state index in [1.165, 1.54) is 6.07 Å². The molecule has 2 unspecified atom stereocenters. The summed E-state index contributed by atoms with van der Waals surface area (Å²) in [7, 11) is 0. The monoisotopic (exact) mass is 445 g/mol. The van der Waals surface area contributed by atoms with Gasteiger partial charge in [-0.3, -0.25) is 4.99 Å². The molecule has 0 saturated carbocycles. The summed E-state index contributed by atoms with van der Waals surface area (Å²) < 4.78 is 31.6. The standard InChI is InChI=1S/C24H29F2N3O3/c1-14(27-10-9-15-5-8-19(25)20(26)11-15)28-17-7-6-16-12-21(30)22(18(16)13-17)29-23(31)32-24(2,3)4/h5-8,11,13,21-22,30H,9-10,12H2,1-4H3,(H,27,28)(H,29,31). The molecular formula is C24H29F2N3O3. The van der Waals surface area contributed by atoms with Gasteiger partial charge in [-0.1, -0.05) is 12.1 Å². The zero-order chi connectivity index (χ0) is 23.5. The van der Waals surface area contributed by atoms with Crippen molar-refractivity contribution in [1.29, 1.82) is 0 Å². The minimum Gasteiger partial charge on any atom is -0.444 e. The first kappa shape index (κ1) is 23.7. The van der Waals surface area contributed by atoms with Crippen molar-refractivity contribution in [3.63, 3.8) is 0 Å². The van der Waals surface area contributed by atoms with Crippen LogP contribution in [0.5, 0.6) is 0 Å². The quantitative estimate of drug-likeness (QED) is 0.467. The number of nitrogens with zero attached hydrogens (tertiary/aromatic N) is 1. The molecule has 1 amide bonds. The number of ether oxygens (including phenoxy) is 1. The summed E-state index contributed by atoms with van der Waals surface area (Å²) in [5, 5.41) is 16.4. The van der Waals surface area contributed by atoms with Crippen LogP contribution in [0.25, 0.3) is 0 Å². The Kier molecular flexibility index (Phi) is 7.13. The summed E-state index contributed by atoms with van der Waals surface area (Å²) in [4.78, 5) is 16.6. The van der Waals surface area contributed by atoms with E-state index >= 15 is 0 Å². The summed E-state index contributed by atoms with van der Waals surface area (Å²) in [5.41, 5.74) is 2.58. The number of anilines is 1. The van der Waals surface area contributed by atoms with Gasteiger partial charge in [0.25, 0.3) is 0 Å². The zero-order valence-corrected chi connectivity index (χ0v) is 18.7. The molecule has 32 heavy (non-hydrogen) atoms. The van der Waals surface area contributed by atoms with Gasteiger partial charge in [-0.05, 0) is 75.1 Å². The van der Waals surface area contributed by atoms with Crippen molar-refractivity contribution < 1.29 is 23.4 Å². The van der Waals surface area contributed by atoms with Gasteiger partial charge in [-0.15, -0.1) is 0 Å². The van der Waals surface area contributed by atoms with Gasteiger partial charge in [0.05, 0.1) is 18.0 Å². The van der Waals surface area contributed by atoms with Crippen LogP contribution in [-0.2, 0) is 17.6 Å². The second-order valence-corrected chi connectivity index (χ2v) is 8.90. The van der Waals surface area contributed by atoms with Gasteiger partial charge < -0.3 is 20.5 Å². The number of nitrogens with one attached hydrogen (secondary N) is 2. The molecule has 2 atom stereocenters. The zero-order valence-electron chi connectivity index (χ0n) is 18.7. The van der Waals surface area contributed by atoms with Gasteiger partial charge in [-0.25, -0.2) is 13.6 Å². The summed E-state index contributed by atoms with van der Waals surface area (Å²) in [6.45, 7) is 7.56. The Morgan fingerprint density at radius 1 is 1.19 bits per heavy atom. The number of aliphatic hydroxyl groups excluding tert-OH is 1. The average Bonchev–Trinajstić information content (AvgIpc) is 2.98. The molecule has 6 nitrogen and oxygen atoms in total. The Morgan fingerprint density at radius 2 is 1.94 bits per heavy atom. The van der Waals surface area contributed by atoms with Crippen molar-refractivity contribution in [1.82, 2.24) is 5.32 Å². The Hall–Kier alpha value is -3.00. The molecule has 8 heteroatoms. The maximum absolute atomic E-state index is 13.3. The molecule has 0 bridgehead atoms. The van der Waals surface area contributed by atoms with Gasteiger partial charge >= 0.3 is 6.09 Å². The molecule has 0 radical (unpaired) electrons. The third-order valence-corrected chi connectivity index (χ3v) is 5.03. The number of amidine groups is 1. The largest absolute Gasteiger partial charge is 0.444 e. The third-order valence-electron chi connectivity index (χ3n) is 5.03. The van der Waals surface area contributed by atoms with E-state index in [0.717, 1.165) is 22.9 Å². The first-order valence-corrected chi connectivity index (χ1v) is 10.5. The number of aliphatic imine (C=N–C) groups is 1. The molecule has 172 valence electrons. The fourth-order valence-corrected chi connectivity index (χ4v) is 3.60. The molecule has 0 aliphatic heterocycles. The summed E-state index contributed by atoms with van der Waals surface area (Å²) in [6.07, 6.45) is -0.396. The average molecular weight is 446 g/mol. The first-order valence-electron chi connectivity index (χ1n) is 10.5. The van der Waals surface area contributed by atoms with Crippen molar-refractivity contribution >= 4 is 17.6 Å². The number of benzene rings is 2. The molecule has 0 saturated heterocycles. The lowest BCUT2D eigenvalue weighted by Crippen LogP contribution is -2.38. The molecule has 0 aromatic heterocycles. The lowest BCUT2D eigenvalue weighted by atomic mass is 10.1. The Labute approximate surface area is 186 Å². The van der Waals surface area contributed by atoms with Gasteiger partial charge in [-0.2, -0.15) is 0 Å². The van der Waals surface area contributed by atoms with Gasteiger partial charge in [0.15, 0.2) is 11.6 Å². The Balaban J connectivity index is 1.63. The first-order chi connectivity index (χ1) is 15.0. The van der Waals surface area contributed by atoms with Crippen LogP contribution in [0.4, 0.5) is 19.3 Å². The van der Waals surface area contributed by atoms with E-state index in [4.69, 9.17) is 4.74 Å². The van der Waals surface area contributed by atoms with Crippen molar-refractivity contribution in [2.45, 2.75) is 58.3 Å². The van der Waals surface area contributed by atoms with Crippen LogP contribution in [0.3, 0.4) is 0 Å². The van der Waals surface area contributed by atoms with Crippen LogP contribution in [0.2, 0.25) is 0 Å². The van der Waals surface area contributed by atoms with Gasteiger partial charge in [0.2, 0.25) is 0 Å². The highest BCUT2D eigenvalue weighted by atomic mass is 19.2. The van der Waals surface area contributed by atoms with E-state index in [1.54, 1.807) is 26.8 Å². The number of aliphatic hydroxyl groups is 1. The van der Waals surface area contributed by atoms with Crippen LogP contribution in [0, 0.1) is 11.6 Å². The smallest absolute Gasteiger partial charge is 0.408 e. The number of carbonyl (C=O) groups excluding carboxylic acids is 1. The van der Waals surface area contributed by atoms with Gasteiger partial charge in [0, 0.05) is 18.7 Å². The highest BCUT2D eigenvalue weighted by molar-refractivity contribution is 5.93. The fraction of sp³-hybridized carbons (Fsp3) is 0.417. The molecule has 3 rings (SSSR count). The molecule has 0 fully saturated rings. The van der Waals surface area contributed by atoms with Crippen LogP contribution >= 0.6 is 0 Å². The van der Waals surface area contributed by atoms with Crippen molar-refractivity contribution in [3.05, 3.63) is 64.7 Å². The maximum atomic E-state index is 13.3. The normalized spacial score (nSPS) is 18.3. The minimum absolute atomic E-state index is 0.413. The van der Waals surface area contributed by atoms with E-state index in [2.05, 4.69) is 15.6 Å². The van der Waals surface area contributed by atoms with Crippen molar-refractivity contribution in [3.8, 4) is 0 Å². The topological polar surface area (TPSA) is 83.0 Å². The Bertz CT molecular complexity index is 1020. The predicted octanol–water partition coefficient (Wildman–Crippen LogP) is 4.52. The second-order valence-electron chi connectivity index (χ2n) is 8.90. The molecule has 1 aliphatic carbocycles. The fourth-order valence-electron chi connectivity index (χ4n) is 3.60. The van der Waals surface area contributed by atoms with Gasteiger partial charge in [0.1, 0.15) is 5.60 Å². The van der Waals surface area contributed by atoms with Crippen molar-refractivity contribution in [2.75, 3.05) is 11.9 Å². The number of carbonyl (C=O) groups is 1. The number of hydrogen-bond donors (Lipinski definition) is 3. The molecule has 0 spiro atoms. The third kappa shape index (κ3) is 6.26. The molecule has 1 aliphatic rings. The lowest BCUT2D eigenvalue weighted by Gasteiger charge is -2.23. The van der Waals surface area contributed by atoms with Crippen LogP contribution in [-0.4, -0.2) is 35.3 Å². The number of amides is 1. The van der Waals surface area contributed by atoms with Crippen molar-refractivity contribution in [2.24, 2.45) is 4.99 Å². The SMILES string of the molecule is CC(=NCCc1ccc(F)c(F)c1)Nc1ccc2c(c1)C(NC(=O)OC(C)(C)C)C(O)C2. The number of rotatable bonds is 5. The summed E-state index contributed by atoms with van der Waals surface area (Å²) >= 11 is 0. The van der Waals surface area contributed by atoms with Crippen LogP contribution < -0.4 is 10.6 Å². The maximum Gasteiger partial charge on any atom is 0.408 e. The Morgan fingerprint density at radius 3 is 2.62 bits per heavy atom. The van der Waals surface area contributed by atoms with E-state index in [0.29, 0.717) is 30.8 Å². The summed E-state index contributed by atoms with van der Waals surface area (Å²) in [5.74, 6) is -1.07. The molecular weight excluding hydrogens is 416 g/mol. The molecule has 2 aromatic rings. The number of alkyl carbamates (subject to hydrolysis) is 1. The molecule has 2 aromatic carbocycles. The van der Waals surface area contributed by atoms with E-state index in [1.807, 2.05) is 25.1 Å². The number of halogens is 2. The van der Waals surface area contributed by atoms with E-state index in [9.17, 15) is 18.7 Å². The highest BCUT2D eigenvalue weighted by Gasteiger charge is 2.33. The molecule has 3 N–H and O–H groups in total. The van der Waals surface area contributed by atoms with E-state index in [-0.39, 0.29) is 0 Å². The van der Waals surface area contributed by atoms with E-state index < -0.39 is 35.5 Å². The lowest BCUT2D eigenvalue weighted by molar-refractivity contribution is 0.0438. The number of fused-ring (bicyclic) bond motifs is 1. The minimum atomic E-state index is -0.865.